The molecule has 2 rings (SSSR count). The minimum atomic E-state index is -0.330. The van der Waals surface area contributed by atoms with Gasteiger partial charge < -0.3 is 10.6 Å². The number of carbonyl (C=O) groups is 1. The molecular weight excluding hydrogens is 243 g/mol. The van der Waals surface area contributed by atoms with Crippen molar-refractivity contribution in [3.63, 3.8) is 0 Å². The van der Waals surface area contributed by atoms with Crippen LogP contribution in [0.1, 0.15) is 38.2 Å². The highest BCUT2D eigenvalue weighted by Gasteiger charge is 2.23. The molecule has 1 aromatic carbocycles. The number of nitrogen functional groups attached to an aromatic ring is 1. The van der Waals surface area contributed by atoms with Gasteiger partial charge in [-0.3, -0.25) is 4.79 Å². The minimum Gasteiger partial charge on any atom is -0.398 e. The van der Waals surface area contributed by atoms with Gasteiger partial charge in [0.1, 0.15) is 5.82 Å². The quantitative estimate of drug-likeness (QED) is 0.853. The topological polar surface area (TPSA) is 46.3 Å². The number of benzene rings is 1. The molecule has 1 fully saturated rings. The number of amides is 1. The van der Waals surface area contributed by atoms with Gasteiger partial charge in [0.15, 0.2) is 0 Å². The van der Waals surface area contributed by atoms with Gasteiger partial charge in [-0.15, -0.1) is 0 Å². The summed E-state index contributed by atoms with van der Waals surface area (Å²) in [4.78, 5) is 13.8. The van der Waals surface area contributed by atoms with Crippen LogP contribution in [0.3, 0.4) is 0 Å². The lowest BCUT2D eigenvalue weighted by Crippen LogP contribution is -2.30. The number of hydrogen-bond acceptors (Lipinski definition) is 2. The second-order valence-corrected chi connectivity index (χ2v) is 5.22. The van der Waals surface area contributed by atoms with Crippen molar-refractivity contribution in [2.24, 2.45) is 5.92 Å². The fourth-order valence-corrected chi connectivity index (χ4v) is 2.60. The van der Waals surface area contributed by atoms with Crippen molar-refractivity contribution in [2.75, 3.05) is 12.3 Å². The van der Waals surface area contributed by atoms with Crippen LogP contribution in [0.15, 0.2) is 18.2 Å². The summed E-state index contributed by atoms with van der Waals surface area (Å²) in [7, 11) is 0. The van der Waals surface area contributed by atoms with Crippen LogP contribution >= 0.6 is 0 Å². The largest absolute Gasteiger partial charge is 0.398 e. The van der Waals surface area contributed by atoms with Gasteiger partial charge in [0.05, 0.1) is 6.54 Å². The highest BCUT2D eigenvalue weighted by Crippen LogP contribution is 2.24. The van der Waals surface area contributed by atoms with Crippen LogP contribution in [-0.2, 0) is 11.3 Å². The van der Waals surface area contributed by atoms with Gasteiger partial charge in [0, 0.05) is 24.2 Å². The number of rotatable bonds is 3. The van der Waals surface area contributed by atoms with E-state index < -0.39 is 0 Å². The number of hydrogen-bond donors (Lipinski definition) is 1. The van der Waals surface area contributed by atoms with Crippen LogP contribution in [0.5, 0.6) is 0 Å². The van der Waals surface area contributed by atoms with E-state index in [9.17, 15) is 9.18 Å². The lowest BCUT2D eigenvalue weighted by atomic mass is 9.98. The maximum Gasteiger partial charge on any atom is 0.222 e. The Morgan fingerprint density at radius 2 is 2.21 bits per heavy atom. The second kappa shape index (κ2) is 6.04. The first-order valence-corrected chi connectivity index (χ1v) is 6.92. The molecule has 4 heteroatoms. The van der Waals surface area contributed by atoms with E-state index in [1.165, 1.54) is 6.07 Å². The van der Waals surface area contributed by atoms with E-state index in [1.54, 1.807) is 17.0 Å². The normalized spacial score (nSPS) is 20.4. The first-order valence-electron chi connectivity index (χ1n) is 6.92. The predicted molar refractivity (Wildman–Crippen MR) is 73.9 cm³/mol. The Bertz CT molecular complexity index is 441. The summed E-state index contributed by atoms with van der Waals surface area (Å²) in [5, 5.41) is 0. The van der Waals surface area contributed by atoms with Crippen molar-refractivity contribution in [1.29, 1.82) is 0 Å². The number of carbonyl (C=O) groups excluding carboxylic acids is 1. The molecule has 0 aliphatic carbocycles. The van der Waals surface area contributed by atoms with E-state index in [4.69, 9.17) is 5.73 Å². The minimum absolute atomic E-state index is 0.110. The average molecular weight is 264 g/mol. The lowest BCUT2D eigenvalue weighted by molar-refractivity contribution is -0.131. The molecule has 0 radical (unpaired) electrons. The molecule has 1 heterocycles. The van der Waals surface area contributed by atoms with E-state index >= 15 is 0 Å². The molecule has 2 N–H and O–H groups in total. The molecule has 104 valence electrons. The van der Waals surface area contributed by atoms with E-state index in [0.717, 1.165) is 19.3 Å². The molecule has 1 amide bonds. The molecule has 19 heavy (non-hydrogen) atoms. The standard InChI is InChI=1S/C15H21FN2O/c1-2-11-6-7-15(19)18(9-8-11)10-12-13(16)4-3-5-14(12)17/h3-5,11H,2,6-10,17H2,1H3. The molecule has 3 nitrogen and oxygen atoms in total. The van der Waals surface area contributed by atoms with E-state index in [1.807, 2.05) is 0 Å². The Morgan fingerprint density at radius 1 is 1.42 bits per heavy atom. The zero-order valence-electron chi connectivity index (χ0n) is 11.4. The Labute approximate surface area is 113 Å². The summed E-state index contributed by atoms with van der Waals surface area (Å²) >= 11 is 0. The fraction of sp³-hybridized carbons (Fsp3) is 0.533. The van der Waals surface area contributed by atoms with Gasteiger partial charge >= 0.3 is 0 Å². The number of nitrogens with zero attached hydrogens (tertiary/aromatic N) is 1. The molecule has 0 spiro atoms. The van der Waals surface area contributed by atoms with Gasteiger partial charge in [0.2, 0.25) is 5.91 Å². The second-order valence-electron chi connectivity index (χ2n) is 5.22. The van der Waals surface area contributed by atoms with Gasteiger partial charge in [-0.2, -0.15) is 0 Å². The van der Waals surface area contributed by atoms with E-state index in [-0.39, 0.29) is 18.3 Å². The number of anilines is 1. The molecular formula is C15H21FN2O. The van der Waals surface area contributed by atoms with Gasteiger partial charge in [-0.05, 0) is 30.9 Å². The molecule has 0 bridgehead atoms. The molecule has 1 atom stereocenters. The summed E-state index contributed by atoms with van der Waals surface area (Å²) in [5.74, 6) is 0.384. The summed E-state index contributed by atoms with van der Waals surface area (Å²) in [6.45, 7) is 3.14. The number of halogens is 1. The number of likely N-dealkylation sites (tertiary alicyclic amines) is 1. The lowest BCUT2D eigenvalue weighted by Gasteiger charge is -2.22. The predicted octanol–water partition coefficient (Wildman–Crippen LogP) is 2.95. The zero-order valence-corrected chi connectivity index (χ0v) is 11.4. The molecule has 1 aliphatic rings. The summed E-state index contributed by atoms with van der Waals surface area (Å²) in [6.07, 6.45) is 3.60. The molecule has 0 aromatic heterocycles. The summed E-state index contributed by atoms with van der Waals surface area (Å²) in [6, 6.07) is 4.66. The Hall–Kier alpha value is -1.58. The maximum atomic E-state index is 13.8. The summed E-state index contributed by atoms with van der Waals surface area (Å²) in [5.41, 5.74) is 6.65. The molecule has 0 saturated carbocycles. The van der Waals surface area contributed by atoms with Crippen LogP contribution in [0.2, 0.25) is 0 Å². The first kappa shape index (κ1) is 13.8. The van der Waals surface area contributed by atoms with Crippen molar-refractivity contribution in [1.82, 2.24) is 4.90 Å². The molecule has 1 unspecified atom stereocenters. The maximum absolute atomic E-state index is 13.8. The summed E-state index contributed by atoms with van der Waals surface area (Å²) < 4.78 is 13.8. The van der Waals surface area contributed by atoms with Crippen LogP contribution < -0.4 is 5.73 Å². The number of nitrogens with two attached hydrogens (primary N) is 1. The average Bonchev–Trinajstić information content (AvgIpc) is 2.57. The Morgan fingerprint density at radius 3 is 2.89 bits per heavy atom. The van der Waals surface area contributed by atoms with Crippen molar-refractivity contribution >= 4 is 11.6 Å². The van der Waals surface area contributed by atoms with Gasteiger partial charge in [0.25, 0.3) is 0 Å². The molecule has 1 aliphatic heterocycles. The van der Waals surface area contributed by atoms with Crippen LogP contribution in [-0.4, -0.2) is 17.4 Å². The highest BCUT2D eigenvalue weighted by atomic mass is 19.1. The fourth-order valence-electron chi connectivity index (χ4n) is 2.60. The monoisotopic (exact) mass is 264 g/mol. The first-order chi connectivity index (χ1) is 9.11. The SMILES string of the molecule is CCC1CCC(=O)N(Cc2c(N)cccc2F)CC1. The third kappa shape index (κ3) is 3.25. The van der Waals surface area contributed by atoms with Crippen molar-refractivity contribution in [3.05, 3.63) is 29.6 Å². The van der Waals surface area contributed by atoms with Crippen molar-refractivity contribution in [2.45, 2.75) is 39.2 Å². The van der Waals surface area contributed by atoms with E-state index in [2.05, 4.69) is 6.92 Å². The van der Waals surface area contributed by atoms with Crippen LogP contribution in [0.4, 0.5) is 10.1 Å². The van der Waals surface area contributed by atoms with Crippen molar-refractivity contribution in [3.8, 4) is 0 Å². The molecule has 1 aromatic rings. The van der Waals surface area contributed by atoms with Crippen molar-refractivity contribution < 1.29 is 9.18 Å². The van der Waals surface area contributed by atoms with Crippen LogP contribution in [0, 0.1) is 11.7 Å². The highest BCUT2D eigenvalue weighted by molar-refractivity contribution is 5.76. The smallest absolute Gasteiger partial charge is 0.222 e. The Balaban J connectivity index is 2.11. The third-order valence-corrected chi connectivity index (χ3v) is 4.01. The third-order valence-electron chi connectivity index (χ3n) is 4.01. The van der Waals surface area contributed by atoms with Gasteiger partial charge in [-0.25, -0.2) is 4.39 Å². The Kier molecular flexibility index (Phi) is 4.40. The van der Waals surface area contributed by atoms with E-state index in [0.29, 0.717) is 30.1 Å². The van der Waals surface area contributed by atoms with Crippen LogP contribution in [0.25, 0.3) is 0 Å². The zero-order chi connectivity index (χ0) is 13.8. The molecule has 1 saturated heterocycles. The van der Waals surface area contributed by atoms with Gasteiger partial charge in [-0.1, -0.05) is 19.4 Å².